The Bertz CT molecular complexity index is 386. The summed E-state index contributed by atoms with van der Waals surface area (Å²) in [5.41, 5.74) is 1.09. The van der Waals surface area contributed by atoms with Gasteiger partial charge in [0.1, 0.15) is 0 Å². The van der Waals surface area contributed by atoms with Crippen molar-refractivity contribution in [3.8, 4) is 0 Å². The average molecular weight is 270 g/mol. The van der Waals surface area contributed by atoms with Crippen molar-refractivity contribution in [1.82, 2.24) is 4.98 Å². The van der Waals surface area contributed by atoms with Crippen molar-refractivity contribution in [3.63, 3.8) is 0 Å². The van der Waals surface area contributed by atoms with E-state index in [2.05, 4.69) is 30.7 Å². The fourth-order valence-corrected chi connectivity index (χ4v) is 3.08. The van der Waals surface area contributed by atoms with Crippen LogP contribution in [0.2, 0.25) is 0 Å². The van der Waals surface area contributed by atoms with Gasteiger partial charge in [0.15, 0.2) is 5.13 Å². The van der Waals surface area contributed by atoms with Gasteiger partial charge in [0, 0.05) is 18.0 Å². The highest BCUT2D eigenvalue weighted by atomic mass is 32.1. The van der Waals surface area contributed by atoms with Crippen LogP contribution < -0.4 is 4.90 Å². The van der Waals surface area contributed by atoms with Crippen LogP contribution in [0.5, 0.6) is 0 Å². The predicted molar refractivity (Wildman–Crippen MR) is 75.6 cm³/mol. The van der Waals surface area contributed by atoms with Gasteiger partial charge in [0.25, 0.3) is 0 Å². The molecule has 0 atom stereocenters. The number of rotatable bonds is 8. The maximum atomic E-state index is 10.7. The van der Waals surface area contributed by atoms with E-state index in [1.54, 1.807) is 11.3 Å². The van der Waals surface area contributed by atoms with Gasteiger partial charge in [-0.2, -0.15) is 0 Å². The third-order valence-electron chi connectivity index (χ3n) is 2.85. The van der Waals surface area contributed by atoms with E-state index in [9.17, 15) is 4.79 Å². The number of anilines is 1. The molecule has 0 bridgehead atoms. The van der Waals surface area contributed by atoms with E-state index in [1.165, 1.54) is 0 Å². The number of carboxylic acids is 1. The fourth-order valence-electron chi connectivity index (χ4n) is 1.85. The first-order valence-corrected chi connectivity index (χ1v) is 7.39. The number of hydrogen-bond donors (Lipinski definition) is 1. The van der Waals surface area contributed by atoms with Crippen molar-refractivity contribution in [2.45, 2.75) is 46.5 Å². The van der Waals surface area contributed by atoms with Gasteiger partial charge in [-0.25, -0.2) is 4.98 Å². The van der Waals surface area contributed by atoms with E-state index in [4.69, 9.17) is 5.11 Å². The fraction of sp³-hybridized carbons (Fsp3) is 0.692. The van der Waals surface area contributed by atoms with E-state index in [1.807, 2.05) is 0 Å². The van der Waals surface area contributed by atoms with Crippen molar-refractivity contribution >= 4 is 22.4 Å². The summed E-state index contributed by atoms with van der Waals surface area (Å²) in [6.45, 7) is 8.22. The zero-order chi connectivity index (χ0) is 13.5. The summed E-state index contributed by atoms with van der Waals surface area (Å²) in [6.07, 6.45) is 2.77. The number of aromatic nitrogens is 1. The Morgan fingerprint density at radius 2 is 1.94 bits per heavy atom. The SMILES string of the molecule is CCCc1nc(N(CC)CC)sc1CCC(=O)O. The van der Waals surface area contributed by atoms with Crippen molar-refractivity contribution in [2.75, 3.05) is 18.0 Å². The molecule has 0 aliphatic rings. The molecule has 1 aromatic heterocycles. The number of hydrogen-bond acceptors (Lipinski definition) is 4. The maximum absolute atomic E-state index is 10.7. The molecule has 0 aliphatic heterocycles. The largest absolute Gasteiger partial charge is 0.481 e. The minimum atomic E-state index is -0.741. The Hall–Kier alpha value is -1.10. The van der Waals surface area contributed by atoms with Crippen LogP contribution in [-0.4, -0.2) is 29.1 Å². The Morgan fingerprint density at radius 1 is 1.28 bits per heavy atom. The molecule has 0 amide bonds. The van der Waals surface area contributed by atoms with Crippen LogP contribution in [0.25, 0.3) is 0 Å². The molecule has 4 nitrogen and oxygen atoms in total. The van der Waals surface area contributed by atoms with Crippen LogP contribution in [0.3, 0.4) is 0 Å². The topological polar surface area (TPSA) is 53.4 Å². The first kappa shape index (κ1) is 15.0. The molecule has 5 heteroatoms. The van der Waals surface area contributed by atoms with Gasteiger partial charge in [0.2, 0.25) is 0 Å². The molecular weight excluding hydrogens is 248 g/mol. The lowest BCUT2D eigenvalue weighted by molar-refractivity contribution is -0.136. The van der Waals surface area contributed by atoms with E-state index in [-0.39, 0.29) is 6.42 Å². The summed E-state index contributed by atoms with van der Waals surface area (Å²) in [5.74, 6) is -0.741. The normalized spacial score (nSPS) is 10.6. The van der Waals surface area contributed by atoms with Crippen molar-refractivity contribution in [3.05, 3.63) is 10.6 Å². The second kappa shape index (κ2) is 7.36. The zero-order valence-electron chi connectivity index (χ0n) is 11.4. The Kier molecular flexibility index (Phi) is 6.12. The number of carbonyl (C=O) groups is 1. The third kappa shape index (κ3) is 3.98. The average Bonchev–Trinajstić information content (AvgIpc) is 2.72. The second-order valence-corrected chi connectivity index (χ2v) is 5.24. The van der Waals surface area contributed by atoms with Gasteiger partial charge in [0.05, 0.1) is 12.1 Å². The lowest BCUT2D eigenvalue weighted by atomic mass is 10.2. The molecule has 102 valence electrons. The highest BCUT2D eigenvalue weighted by Gasteiger charge is 2.14. The molecule has 0 spiro atoms. The summed E-state index contributed by atoms with van der Waals surface area (Å²) >= 11 is 1.65. The minimum absolute atomic E-state index is 0.191. The van der Waals surface area contributed by atoms with Gasteiger partial charge in [-0.15, -0.1) is 11.3 Å². The lowest BCUT2D eigenvalue weighted by Gasteiger charge is -2.16. The minimum Gasteiger partial charge on any atom is -0.481 e. The van der Waals surface area contributed by atoms with Gasteiger partial charge in [-0.1, -0.05) is 13.3 Å². The Balaban J connectivity index is 2.88. The highest BCUT2D eigenvalue weighted by molar-refractivity contribution is 7.15. The van der Waals surface area contributed by atoms with Gasteiger partial charge in [-0.3, -0.25) is 4.79 Å². The second-order valence-electron chi connectivity index (χ2n) is 4.18. The molecule has 0 fully saturated rings. The number of aryl methyl sites for hydroxylation is 2. The molecular formula is C13H22N2O2S. The van der Waals surface area contributed by atoms with E-state index >= 15 is 0 Å². The molecule has 1 N–H and O–H groups in total. The summed E-state index contributed by atoms with van der Waals surface area (Å²) in [6, 6.07) is 0. The van der Waals surface area contributed by atoms with Crippen LogP contribution in [0.15, 0.2) is 0 Å². The molecule has 0 radical (unpaired) electrons. The standard InChI is InChI=1S/C13H22N2O2S/c1-4-7-10-11(8-9-12(16)17)18-13(14-10)15(5-2)6-3/h4-9H2,1-3H3,(H,16,17). The van der Waals surface area contributed by atoms with E-state index in [0.717, 1.165) is 41.6 Å². The molecule has 1 rings (SSSR count). The van der Waals surface area contributed by atoms with Crippen LogP contribution >= 0.6 is 11.3 Å². The summed E-state index contributed by atoms with van der Waals surface area (Å²) in [7, 11) is 0. The summed E-state index contributed by atoms with van der Waals surface area (Å²) in [5, 5.41) is 9.81. The molecule has 1 aromatic rings. The Morgan fingerprint density at radius 3 is 2.44 bits per heavy atom. The monoisotopic (exact) mass is 270 g/mol. The summed E-state index contributed by atoms with van der Waals surface area (Å²) in [4.78, 5) is 18.7. The number of aliphatic carboxylic acids is 1. The molecule has 0 aliphatic carbocycles. The number of nitrogens with zero attached hydrogens (tertiary/aromatic N) is 2. The quantitative estimate of drug-likeness (QED) is 0.789. The smallest absolute Gasteiger partial charge is 0.303 e. The molecule has 0 aromatic carbocycles. The highest BCUT2D eigenvalue weighted by Crippen LogP contribution is 2.28. The van der Waals surface area contributed by atoms with E-state index in [0.29, 0.717) is 6.42 Å². The molecule has 1 heterocycles. The molecule has 18 heavy (non-hydrogen) atoms. The van der Waals surface area contributed by atoms with E-state index < -0.39 is 5.97 Å². The molecule has 0 saturated carbocycles. The zero-order valence-corrected chi connectivity index (χ0v) is 12.2. The maximum Gasteiger partial charge on any atom is 0.303 e. The van der Waals surface area contributed by atoms with Crippen LogP contribution in [-0.2, 0) is 17.6 Å². The number of thiazole rings is 1. The summed E-state index contributed by atoms with van der Waals surface area (Å²) < 4.78 is 0. The predicted octanol–water partition coefficient (Wildman–Crippen LogP) is 2.96. The first-order chi connectivity index (χ1) is 8.62. The van der Waals surface area contributed by atoms with Gasteiger partial charge < -0.3 is 10.0 Å². The molecule has 0 saturated heterocycles. The lowest BCUT2D eigenvalue weighted by Crippen LogP contribution is -2.21. The van der Waals surface area contributed by atoms with Crippen LogP contribution in [0.1, 0.15) is 44.2 Å². The number of carboxylic acid groups (broad SMARTS) is 1. The van der Waals surface area contributed by atoms with Crippen molar-refractivity contribution < 1.29 is 9.90 Å². The van der Waals surface area contributed by atoms with Gasteiger partial charge >= 0.3 is 5.97 Å². The molecule has 0 unspecified atom stereocenters. The first-order valence-electron chi connectivity index (χ1n) is 6.57. The van der Waals surface area contributed by atoms with Crippen molar-refractivity contribution in [1.29, 1.82) is 0 Å². The Labute approximate surface area is 113 Å². The van der Waals surface area contributed by atoms with Crippen molar-refractivity contribution in [2.24, 2.45) is 0 Å². The van der Waals surface area contributed by atoms with Gasteiger partial charge in [-0.05, 0) is 26.7 Å². The third-order valence-corrected chi connectivity index (χ3v) is 4.07. The van der Waals surface area contributed by atoms with Crippen LogP contribution in [0.4, 0.5) is 5.13 Å². The van der Waals surface area contributed by atoms with Crippen LogP contribution in [0, 0.1) is 0 Å².